The molecule has 120 valence electrons. The Balaban J connectivity index is 1.80. The molecular weight excluding hydrogens is 312 g/mol. The van der Waals surface area contributed by atoms with Crippen LogP contribution in [0.5, 0.6) is 0 Å². The number of rotatable bonds is 4. The Morgan fingerprint density at radius 3 is 2.83 bits per heavy atom. The van der Waals surface area contributed by atoms with E-state index in [4.69, 9.17) is 0 Å². The molecular formula is C17H18N2O3S. The Kier molecular flexibility index (Phi) is 4.17. The molecule has 1 aromatic heterocycles. The molecule has 1 aliphatic carbocycles. The van der Waals surface area contributed by atoms with Crippen molar-refractivity contribution in [2.75, 3.05) is 7.05 Å². The van der Waals surface area contributed by atoms with Gasteiger partial charge in [0.1, 0.15) is 0 Å². The number of nitro benzene ring substituents is 1. The SMILES string of the molecule is C[C@@H](c1cccc([N+](=O)[O-])c1)N(C)C(=O)c1cc2c(s1)CCC2. The Bertz CT molecular complexity index is 747. The fourth-order valence-electron chi connectivity index (χ4n) is 2.91. The molecule has 0 aliphatic heterocycles. The molecule has 0 unspecified atom stereocenters. The van der Waals surface area contributed by atoms with E-state index in [1.807, 2.05) is 19.1 Å². The summed E-state index contributed by atoms with van der Waals surface area (Å²) in [7, 11) is 1.75. The highest BCUT2D eigenvalue weighted by Crippen LogP contribution is 2.32. The van der Waals surface area contributed by atoms with Crippen molar-refractivity contribution in [3.05, 3.63) is 61.3 Å². The zero-order valence-electron chi connectivity index (χ0n) is 13.1. The molecule has 1 heterocycles. The summed E-state index contributed by atoms with van der Waals surface area (Å²) in [6.45, 7) is 1.89. The highest BCUT2D eigenvalue weighted by atomic mass is 32.1. The Morgan fingerprint density at radius 1 is 1.35 bits per heavy atom. The predicted octanol–water partition coefficient (Wildman–Crippen LogP) is 3.98. The average molecular weight is 330 g/mol. The lowest BCUT2D eigenvalue weighted by molar-refractivity contribution is -0.384. The minimum absolute atomic E-state index is 0.0246. The van der Waals surface area contributed by atoms with Gasteiger partial charge in [-0.1, -0.05) is 12.1 Å². The van der Waals surface area contributed by atoms with Crippen LogP contribution in [0.3, 0.4) is 0 Å². The van der Waals surface area contributed by atoms with Gasteiger partial charge >= 0.3 is 0 Å². The molecule has 0 N–H and O–H groups in total. The van der Waals surface area contributed by atoms with Gasteiger partial charge in [-0.15, -0.1) is 11.3 Å². The highest BCUT2D eigenvalue weighted by molar-refractivity contribution is 7.14. The number of aryl methyl sites for hydroxylation is 2. The molecule has 0 spiro atoms. The topological polar surface area (TPSA) is 63.5 Å². The molecule has 0 bridgehead atoms. The monoisotopic (exact) mass is 330 g/mol. The third kappa shape index (κ3) is 2.99. The molecule has 1 aromatic carbocycles. The molecule has 0 saturated heterocycles. The van der Waals surface area contributed by atoms with Crippen LogP contribution in [0, 0.1) is 10.1 Å². The van der Waals surface area contributed by atoms with Crippen molar-refractivity contribution in [3.8, 4) is 0 Å². The van der Waals surface area contributed by atoms with Gasteiger partial charge in [-0.25, -0.2) is 0 Å². The minimum atomic E-state index is -0.415. The summed E-state index contributed by atoms with van der Waals surface area (Å²) >= 11 is 1.58. The second kappa shape index (κ2) is 6.12. The number of nitrogens with zero attached hydrogens (tertiary/aromatic N) is 2. The molecule has 0 saturated carbocycles. The molecule has 1 amide bonds. The molecule has 0 fully saturated rings. The van der Waals surface area contributed by atoms with Gasteiger partial charge in [0.05, 0.1) is 15.8 Å². The van der Waals surface area contributed by atoms with Crippen LogP contribution < -0.4 is 0 Å². The molecule has 2 aromatic rings. The van der Waals surface area contributed by atoms with Crippen LogP contribution in [-0.2, 0) is 12.8 Å². The maximum Gasteiger partial charge on any atom is 0.269 e. The minimum Gasteiger partial charge on any atom is -0.334 e. The smallest absolute Gasteiger partial charge is 0.269 e. The third-order valence-electron chi connectivity index (χ3n) is 4.42. The first-order valence-corrected chi connectivity index (χ1v) is 8.42. The number of nitro groups is 1. The van der Waals surface area contributed by atoms with Gasteiger partial charge in [0.15, 0.2) is 0 Å². The van der Waals surface area contributed by atoms with E-state index in [1.54, 1.807) is 29.4 Å². The van der Waals surface area contributed by atoms with Gasteiger partial charge in [0.2, 0.25) is 0 Å². The standard InChI is InChI=1S/C17H18N2O3S/c1-11(12-5-3-7-14(9-12)19(21)22)18(2)17(20)16-10-13-6-4-8-15(13)23-16/h3,5,7,9-11H,4,6,8H2,1-2H3/t11-/m0/s1. The van der Waals surface area contributed by atoms with Gasteiger partial charge in [-0.05, 0) is 43.4 Å². The van der Waals surface area contributed by atoms with Gasteiger partial charge in [0.25, 0.3) is 11.6 Å². The Labute approximate surface area is 138 Å². The number of carbonyl (C=O) groups excluding carboxylic acids is 1. The summed E-state index contributed by atoms with van der Waals surface area (Å²) in [5.74, 6) is -0.0246. The lowest BCUT2D eigenvalue weighted by atomic mass is 10.1. The first-order valence-electron chi connectivity index (χ1n) is 7.60. The predicted molar refractivity (Wildman–Crippen MR) is 89.9 cm³/mol. The van der Waals surface area contributed by atoms with Crippen molar-refractivity contribution in [1.29, 1.82) is 0 Å². The first kappa shape index (κ1) is 15.7. The number of hydrogen-bond acceptors (Lipinski definition) is 4. The zero-order chi connectivity index (χ0) is 16.6. The summed E-state index contributed by atoms with van der Waals surface area (Å²) in [6, 6.07) is 8.24. The summed E-state index contributed by atoms with van der Waals surface area (Å²) < 4.78 is 0. The van der Waals surface area contributed by atoms with Gasteiger partial charge < -0.3 is 4.90 Å². The van der Waals surface area contributed by atoms with E-state index >= 15 is 0 Å². The van der Waals surface area contributed by atoms with Crippen LogP contribution in [0.15, 0.2) is 30.3 Å². The van der Waals surface area contributed by atoms with Crippen molar-refractivity contribution in [2.45, 2.75) is 32.2 Å². The van der Waals surface area contributed by atoms with Crippen LogP contribution in [0.4, 0.5) is 5.69 Å². The van der Waals surface area contributed by atoms with Crippen molar-refractivity contribution >= 4 is 22.9 Å². The van der Waals surface area contributed by atoms with E-state index in [2.05, 4.69) is 0 Å². The number of thiophene rings is 1. The Morgan fingerprint density at radius 2 is 2.13 bits per heavy atom. The second-order valence-corrected chi connectivity index (χ2v) is 6.99. The third-order valence-corrected chi connectivity index (χ3v) is 5.65. The van der Waals surface area contributed by atoms with Crippen LogP contribution in [0.2, 0.25) is 0 Å². The number of fused-ring (bicyclic) bond motifs is 1. The first-order chi connectivity index (χ1) is 11.0. The number of hydrogen-bond donors (Lipinski definition) is 0. The molecule has 5 nitrogen and oxygen atoms in total. The summed E-state index contributed by atoms with van der Waals surface area (Å²) in [5.41, 5.74) is 2.11. The largest absolute Gasteiger partial charge is 0.334 e. The van der Waals surface area contributed by atoms with Crippen molar-refractivity contribution in [2.24, 2.45) is 0 Å². The molecule has 1 atom stereocenters. The lowest BCUT2D eigenvalue weighted by Gasteiger charge is -2.24. The molecule has 23 heavy (non-hydrogen) atoms. The van der Waals surface area contributed by atoms with E-state index in [0.29, 0.717) is 0 Å². The van der Waals surface area contributed by atoms with Crippen LogP contribution in [0.1, 0.15) is 45.1 Å². The van der Waals surface area contributed by atoms with E-state index in [9.17, 15) is 14.9 Å². The highest BCUT2D eigenvalue weighted by Gasteiger charge is 2.24. The maximum atomic E-state index is 12.7. The van der Waals surface area contributed by atoms with Gasteiger partial charge in [-0.3, -0.25) is 14.9 Å². The summed E-state index contributed by atoms with van der Waals surface area (Å²) in [4.78, 5) is 26.9. The van der Waals surface area contributed by atoms with Crippen molar-refractivity contribution in [1.82, 2.24) is 4.90 Å². The zero-order valence-corrected chi connectivity index (χ0v) is 13.9. The lowest BCUT2D eigenvalue weighted by Crippen LogP contribution is -2.29. The van der Waals surface area contributed by atoms with Crippen molar-refractivity contribution in [3.63, 3.8) is 0 Å². The second-order valence-electron chi connectivity index (χ2n) is 5.86. The van der Waals surface area contributed by atoms with E-state index in [0.717, 1.165) is 23.3 Å². The molecule has 3 rings (SSSR count). The van der Waals surface area contributed by atoms with Crippen LogP contribution in [0.25, 0.3) is 0 Å². The fourth-order valence-corrected chi connectivity index (χ4v) is 4.14. The maximum absolute atomic E-state index is 12.7. The summed E-state index contributed by atoms with van der Waals surface area (Å²) in [5, 5.41) is 10.9. The van der Waals surface area contributed by atoms with E-state index in [1.165, 1.54) is 29.0 Å². The molecule has 1 aliphatic rings. The number of amides is 1. The van der Waals surface area contributed by atoms with Crippen molar-refractivity contribution < 1.29 is 9.72 Å². The molecule has 0 radical (unpaired) electrons. The van der Waals surface area contributed by atoms with Gasteiger partial charge in [-0.2, -0.15) is 0 Å². The quantitative estimate of drug-likeness (QED) is 0.629. The summed E-state index contributed by atoms with van der Waals surface area (Å²) in [6.07, 6.45) is 3.30. The fraction of sp³-hybridized carbons (Fsp3) is 0.353. The molecule has 6 heteroatoms. The average Bonchev–Trinajstić information content (AvgIpc) is 3.14. The Hall–Kier alpha value is -2.21. The van der Waals surface area contributed by atoms with Gasteiger partial charge in [0, 0.05) is 24.1 Å². The number of benzene rings is 1. The number of non-ortho nitro benzene ring substituents is 1. The number of carbonyl (C=O) groups is 1. The van der Waals surface area contributed by atoms with E-state index in [-0.39, 0.29) is 17.6 Å². The van der Waals surface area contributed by atoms with E-state index < -0.39 is 4.92 Å². The normalized spacial score (nSPS) is 14.3. The van der Waals surface area contributed by atoms with Crippen LogP contribution in [-0.4, -0.2) is 22.8 Å². The van der Waals surface area contributed by atoms with Crippen LogP contribution >= 0.6 is 11.3 Å².